The number of nitrogens with two attached hydrogens (primary N) is 1. The minimum Gasteiger partial charge on any atom is -0.480 e. The number of carbonyl (C=O) groups excluding carboxylic acids is 3. The first-order chi connectivity index (χ1) is 23.8. The van der Waals surface area contributed by atoms with E-state index in [9.17, 15) is 19.5 Å². The third-order valence-electron chi connectivity index (χ3n) is 8.89. The van der Waals surface area contributed by atoms with Crippen LogP contribution in [0.25, 0.3) is 11.1 Å². The summed E-state index contributed by atoms with van der Waals surface area (Å²) in [7, 11) is 0. The lowest BCUT2D eigenvalue weighted by Crippen LogP contribution is -2.61. The monoisotopic (exact) mass is 653 g/mol. The van der Waals surface area contributed by atoms with E-state index in [1.807, 2.05) is 140 Å². The van der Waals surface area contributed by atoms with Crippen molar-refractivity contribution in [2.75, 3.05) is 13.2 Å². The van der Waals surface area contributed by atoms with E-state index in [-0.39, 0.29) is 12.5 Å². The Morgan fingerprint density at radius 3 is 1.55 bits per heavy atom. The number of carboxylic acids is 1. The van der Waals surface area contributed by atoms with Gasteiger partial charge in [-0.05, 0) is 38.9 Å². The quantitative estimate of drug-likeness (QED) is 0.148. The van der Waals surface area contributed by atoms with Gasteiger partial charge in [-0.1, -0.05) is 140 Å². The smallest absolute Gasteiger partial charge is 0.411 e. The van der Waals surface area contributed by atoms with Gasteiger partial charge < -0.3 is 20.9 Å². The Bertz CT molecular complexity index is 1820. The van der Waals surface area contributed by atoms with E-state index < -0.39 is 48.4 Å². The first-order valence-corrected chi connectivity index (χ1v) is 15.9. The van der Waals surface area contributed by atoms with E-state index in [1.54, 1.807) is 0 Å². The number of primary amides is 1. The summed E-state index contributed by atoms with van der Waals surface area (Å²) in [5.41, 5.74) is 10.1. The standard InChI is InChI=1S/C40H35N3O6/c41-36(44)24-35(38(47)42-25-37(45)46)43(39(48)49-26-34-32-22-12-10-20-30(32)31-21-11-13-23-33(31)34)40(27-14-4-1-5-15-27,28-16-6-2-7-17-28)29-18-8-3-9-19-29/h1-23,34-35H,24-26H2,(H2,41,44)(H,42,47)(H,45,46)/t35-/m0/s1. The van der Waals surface area contributed by atoms with Gasteiger partial charge in [0.15, 0.2) is 0 Å². The van der Waals surface area contributed by atoms with Crippen LogP contribution in [0.2, 0.25) is 0 Å². The summed E-state index contributed by atoms with van der Waals surface area (Å²) < 4.78 is 6.25. The van der Waals surface area contributed by atoms with Gasteiger partial charge in [-0.15, -0.1) is 0 Å². The highest BCUT2D eigenvalue weighted by Gasteiger charge is 2.51. The third-order valence-corrected chi connectivity index (χ3v) is 8.89. The molecule has 4 N–H and O–H groups in total. The molecular weight excluding hydrogens is 618 g/mol. The molecule has 0 spiro atoms. The predicted molar refractivity (Wildman–Crippen MR) is 184 cm³/mol. The Balaban J connectivity index is 1.55. The molecule has 1 aliphatic rings. The molecule has 5 aromatic carbocycles. The normalized spacial score (nSPS) is 12.7. The SMILES string of the molecule is NC(=O)C[C@@H](C(=O)NCC(=O)O)N(C(=O)OCC1c2ccccc2-c2ccccc21)C(c1ccccc1)(c1ccccc1)c1ccccc1. The first-order valence-electron chi connectivity index (χ1n) is 15.9. The Kier molecular flexibility index (Phi) is 9.53. The Morgan fingerprint density at radius 2 is 1.12 bits per heavy atom. The van der Waals surface area contributed by atoms with Crippen LogP contribution in [0.1, 0.15) is 40.2 Å². The number of rotatable bonds is 12. The highest BCUT2D eigenvalue weighted by Crippen LogP contribution is 2.47. The molecule has 49 heavy (non-hydrogen) atoms. The fourth-order valence-corrected chi connectivity index (χ4v) is 6.89. The van der Waals surface area contributed by atoms with Crippen molar-refractivity contribution in [3.05, 3.63) is 167 Å². The summed E-state index contributed by atoms with van der Waals surface area (Å²) in [6, 6.07) is 41.7. The van der Waals surface area contributed by atoms with Crippen molar-refractivity contribution >= 4 is 23.9 Å². The number of benzene rings is 5. The van der Waals surface area contributed by atoms with Gasteiger partial charge in [0.05, 0.1) is 6.42 Å². The first kappa shape index (κ1) is 32.7. The van der Waals surface area contributed by atoms with Crippen molar-refractivity contribution in [2.24, 2.45) is 5.73 Å². The zero-order valence-corrected chi connectivity index (χ0v) is 26.6. The molecule has 3 amide bonds. The number of amides is 3. The molecule has 5 aromatic rings. The molecular formula is C40H35N3O6. The van der Waals surface area contributed by atoms with Crippen molar-refractivity contribution in [2.45, 2.75) is 23.9 Å². The van der Waals surface area contributed by atoms with Gasteiger partial charge in [-0.3, -0.25) is 19.3 Å². The number of ether oxygens (including phenoxy) is 1. The van der Waals surface area contributed by atoms with Crippen LogP contribution < -0.4 is 11.1 Å². The number of fused-ring (bicyclic) bond motifs is 3. The van der Waals surface area contributed by atoms with Crippen LogP contribution in [0, 0.1) is 0 Å². The molecule has 6 rings (SSSR count). The third kappa shape index (κ3) is 6.38. The number of nitrogens with zero attached hydrogens (tertiary/aromatic N) is 1. The van der Waals surface area contributed by atoms with Crippen molar-refractivity contribution in [1.29, 1.82) is 0 Å². The Morgan fingerprint density at radius 1 is 0.694 bits per heavy atom. The molecule has 0 bridgehead atoms. The summed E-state index contributed by atoms with van der Waals surface area (Å²) in [4.78, 5) is 54.5. The molecule has 0 saturated heterocycles. The van der Waals surface area contributed by atoms with Gasteiger partial charge in [0.25, 0.3) is 0 Å². The van der Waals surface area contributed by atoms with Crippen LogP contribution in [-0.2, 0) is 24.7 Å². The summed E-state index contributed by atoms with van der Waals surface area (Å²) in [6.07, 6.45) is -1.50. The summed E-state index contributed by atoms with van der Waals surface area (Å²) in [6.45, 7) is -0.806. The molecule has 0 radical (unpaired) electrons. The summed E-state index contributed by atoms with van der Waals surface area (Å²) >= 11 is 0. The lowest BCUT2D eigenvalue weighted by atomic mass is 9.74. The fraction of sp³-hybridized carbons (Fsp3) is 0.150. The van der Waals surface area contributed by atoms with Crippen molar-refractivity contribution < 1.29 is 29.0 Å². The molecule has 0 aliphatic heterocycles. The maximum Gasteiger partial charge on any atom is 0.411 e. The van der Waals surface area contributed by atoms with E-state index in [1.165, 1.54) is 4.90 Å². The predicted octanol–water partition coefficient (Wildman–Crippen LogP) is 5.67. The number of carbonyl (C=O) groups is 4. The van der Waals surface area contributed by atoms with E-state index in [0.717, 1.165) is 22.3 Å². The summed E-state index contributed by atoms with van der Waals surface area (Å²) in [5, 5.41) is 11.8. The van der Waals surface area contributed by atoms with Crippen LogP contribution in [0.15, 0.2) is 140 Å². The highest BCUT2D eigenvalue weighted by molar-refractivity contribution is 5.93. The minimum absolute atomic E-state index is 0.0716. The molecule has 0 fully saturated rings. The molecule has 0 unspecified atom stereocenters. The fourth-order valence-electron chi connectivity index (χ4n) is 6.89. The van der Waals surface area contributed by atoms with Gasteiger partial charge >= 0.3 is 12.1 Å². The molecule has 0 heterocycles. The van der Waals surface area contributed by atoms with E-state index >= 15 is 4.79 Å². The maximum atomic E-state index is 15.0. The topological polar surface area (TPSA) is 139 Å². The van der Waals surface area contributed by atoms with Crippen LogP contribution in [0.3, 0.4) is 0 Å². The van der Waals surface area contributed by atoms with Crippen molar-refractivity contribution in [3.8, 4) is 11.1 Å². The molecule has 9 nitrogen and oxygen atoms in total. The van der Waals surface area contributed by atoms with Crippen LogP contribution in [0.5, 0.6) is 0 Å². The van der Waals surface area contributed by atoms with Crippen molar-refractivity contribution in [1.82, 2.24) is 10.2 Å². The second kappa shape index (κ2) is 14.3. The Labute approximate surface area is 284 Å². The second-order valence-electron chi connectivity index (χ2n) is 11.8. The highest BCUT2D eigenvalue weighted by atomic mass is 16.6. The Hall–Kier alpha value is -6.22. The van der Waals surface area contributed by atoms with Gasteiger partial charge in [-0.2, -0.15) is 0 Å². The number of hydrogen-bond donors (Lipinski definition) is 3. The molecule has 0 saturated carbocycles. The second-order valence-corrected chi connectivity index (χ2v) is 11.8. The average molecular weight is 654 g/mol. The van der Waals surface area contributed by atoms with E-state index in [4.69, 9.17) is 10.5 Å². The van der Waals surface area contributed by atoms with E-state index in [0.29, 0.717) is 16.7 Å². The van der Waals surface area contributed by atoms with Gasteiger partial charge in [0, 0.05) is 5.92 Å². The lowest BCUT2D eigenvalue weighted by molar-refractivity contribution is -0.139. The minimum atomic E-state index is -1.58. The number of nitrogens with one attached hydrogen (secondary N) is 1. The van der Waals surface area contributed by atoms with Gasteiger partial charge in [0.2, 0.25) is 11.8 Å². The van der Waals surface area contributed by atoms with Crippen LogP contribution in [0.4, 0.5) is 4.79 Å². The van der Waals surface area contributed by atoms with Gasteiger partial charge in [-0.25, -0.2) is 4.79 Å². The molecule has 1 atom stereocenters. The van der Waals surface area contributed by atoms with Gasteiger partial charge in [0.1, 0.15) is 24.7 Å². The van der Waals surface area contributed by atoms with E-state index in [2.05, 4.69) is 5.32 Å². The zero-order chi connectivity index (χ0) is 34.4. The summed E-state index contributed by atoms with van der Waals surface area (Å²) in [5.74, 6) is -3.33. The van der Waals surface area contributed by atoms with Crippen molar-refractivity contribution in [3.63, 3.8) is 0 Å². The maximum absolute atomic E-state index is 15.0. The molecule has 9 heteroatoms. The van der Waals surface area contributed by atoms with Crippen LogP contribution >= 0.6 is 0 Å². The molecule has 246 valence electrons. The average Bonchev–Trinajstić information content (AvgIpc) is 3.45. The molecule has 0 aromatic heterocycles. The number of aliphatic carboxylic acids is 1. The number of hydrogen-bond acceptors (Lipinski definition) is 5. The zero-order valence-electron chi connectivity index (χ0n) is 26.6. The number of carboxylic acid groups (broad SMARTS) is 1. The lowest BCUT2D eigenvalue weighted by Gasteiger charge is -2.47. The van der Waals surface area contributed by atoms with Crippen LogP contribution in [-0.4, -0.2) is 53.1 Å². The largest absolute Gasteiger partial charge is 0.480 e. The molecule has 1 aliphatic carbocycles.